The van der Waals surface area contributed by atoms with Gasteiger partial charge in [0.15, 0.2) is 5.82 Å². The van der Waals surface area contributed by atoms with Gasteiger partial charge in [0.1, 0.15) is 0 Å². The van der Waals surface area contributed by atoms with Crippen LogP contribution >= 0.6 is 11.6 Å². The average molecular weight is 280 g/mol. The van der Waals surface area contributed by atoms with Gasteiger partial charge < -0.3 is 5.73 Å². The van der Waals surface area contributed by atoms with E-state index in [9.17, 15) is 0 Å². The zero-order valence-corrected chi connectivity index (χ0v) is 11.9. The third kappa shape index (κ3) is 3.67. The number of aryl methyl sites for hydroxylation is 1. The number of rotatable bonds is 5. The second-order valence-electron chi connectivity index (χ2n) is 5.03. The number of aromatic nitrogens is 4. The fraction of sp³-hybridized carbons (Fsp3) is 0.462. The van der Waals surface area contributed by atoms with Crippen LogP contribution in [-0.4, -0.2) is 20.2 Å². The molecule has 0 amide bonds. The molecule has 2 N–H and O–H groups in total. The number of hydrogen-bond donors (Lipinski definition) is 1. The molecule has 0 saturated carbocycles. The highest BCUT2D eigenvalue weighted by atomic mass is 35.5. The maximum atomic E-state index is 6.01. The SMILES string of the molecule is CC(C)CCCn1nnnc1-c1cc(N)cc(Cl)c1. The smallest absolute Gasteiger partial charge is 0.182 e. The molecule has 1 heterocycles. The first-order valence-corrected chi connectivity index (χ1v) is 6.76. The summed E-state index contributed by atoms with van der Waals surface area (Å²) in [6.45, 7) is 5.21. The van der Waals surface area contributed by atoms with E-state index in [4.69, 9.17) is 17.3 Å². The van der Waals surface area contributed by atoms with Crippen LogP contribution in [-0.2, 0) is 6.54 Å². The molecule has 0 radical (unpaired) electrons. The van der Waals surface area contributed by atoms with E-state index in [1.807, 2.05) is 12.1 Å². The van der Waals surface area contributed by atoms with Gasteiger partial charge in [0.05, 0.1) is 0 Å². The molecule has 0 fully saturated rings. The van der Waals surface area contributed by atoms with E-state index < -0.39 is 0 Å². The molecule has 1 aromatic heterocycles. The molecule has 0 aliphatic heterocycles. The van der Waals surface area contributed by atoms with E-state index in [2.05, 4.69) is 29.4 Å². The number of benzene rings is 1. The molecule has 0 aliphatic rings. The van der Waals surface area contributed by atoms with Crippen molar-refractivity contribution >= 4 is 17.3 Å². The molecule has 0 spiro atoms. The molecule has 0 aliphatic carbocycles. The van der Waals surface area contributed by atoms with Crippen molar-refractivity contribution in [3.8, 4) is 11.4 Å². The topological polar surface area (TPSA) is 69.6 Å². The highest BCUT2D eigenvalue weighted by Gasteiger charge is 2.10. The number of tetrazole rings is 1. The molecule has 5 nitrogen and oxygen atoms in total. The quantitative estimate of drug-likeness (QED) is 0.854. The van der Waals surface area contributed by atoms with Crippen LogP contribution in [0.1, 0.15) is 26.7 Å². The van der Waals surface area contributed by atoms with Gasteiger partial charge in [0, 0.05) is 22.8 Å². The maximum Gasteiger partial charge on any atom is 0.182 e. The van der Waals surface area contributed by atoms with Gasteiger partial charge in [-0.25, -0.2) is 4.68 Å². The number of hydrogen-bond acceptors (Lipinski definition) is 4. The Morgan fingerprint density at radius 3 is 2.79 bits per heavy atom. The van der Waals surface area contributed by atoms with Crippen molar-refractivity contribution in [1.82, 2.24) is 20.2 Å². The maximum absolute atomic E-state index is 6.01. The lowest BCUT2D eigenvalue weighted by Crippen LogP contribution is -2.04. The first-order chi connectivity index (χ1) is 9.06. The predicted octanol–water partition coefficient (Wildman–Crippen LogP) is 3.01. The molecule has 0 bridgehead atoms. The van der Waals surface area contributed by atoms with Crippen LogP contribution in [0.15, 0.2) is 18.2 Å². The number of nitrogen functional groups attached to an aromatic ring is 1. The van der Waals surface area contributed by atoms with Crippen molar-refractivity contribution in [2.24, 2.45) is 5.92 Å². The number of anilines is 1. The summed E-state index contributed by atoms with van der Waals surface area (Å²) in [5, 5.41) is 12.4. The van der Waals surface area contributed by atoms with Crippen molar-refractivity contribution in [2.45, 2.75) is 33.2 Å². The molecule has 2 rings (SSSR count). The summed E-state index contributed by atoms with van der Waals surface area (Å²) in [5.74, 6) is 1.39. The lowest BCUT2D eigenvalue weighted by Gasteiger charge is -2.07. The summed E-state index contributed by atoms with van der Waals surface area (Å²) in [4.78, 5) is 0. The van der Waals surface area contributed by atoms with Gasteiger partial charge in [-0.3, -0.25) is 0 Å². The first kappa shape index (κ1) is 13.8. The van der Waals surface area contributed by atoms with Crippen LogP contribution in [0.3, 0.4) is 0 Å². The van der Waals surface area contributed by atoms with Crippen LogP contribution in [0.25, 0.3) is 11.4 Å². The van der Waals surface area contributed by atoms with Crippen LogP contribution in [0.2, 0.25) is 5.02 Å². The van der Waals surface area contributed by atoms with E-state index in [1.54, 1.807) is 10.7 Å². The third-order valence-electron chi connectivity index (χ3n) is 2.86. The Balaban J connectivity index is 2.18. The monoisotopic (exact) mass is 279 g/mol. The van der Waals surface area contributed by atoms with Gasteiger partial charge in [0.2, 0.25) is 0 Å². The Hall–Kier alpha value is -1.62. The molecule has 0 unspecified atom stereocenters. The minimum atomic E-state index is 0.590. The van der Waals surface area contributed by atoms with Gasteiger partial charge in [-0.05, 0) is 47.4 Å². The molecular weight excluding hydrogens is 262 g/mol. The molecule has 1 aromatic carbocycles. The molecule has 102 valence electrons. The van der Waals surface area contributed by atoms with Crippen LogP contribution < -0.4 is 5.73 Å². The predicted molar refractivity (Wildman–Crippen MR) is 76.7 cm³/mol. The van der Waals surface area contributed by atoms with E-state index in [1.165, 1.54) is 0 Å². The Morgan fingerprint density at radius 1 is 1.32 bits per heavy atom. The summed E-state index contributed by atoms with van der Waals surface area (Å²) >= 11 is 6.01. The Morgan fingerprint density at radius 2 is 2.11 bits per heavy atom. The summed E-state index contributed by atoms with van der Waals surface area (Å²) in [5.41, 5.74) is 7.25. The fourth-order valence-electron chi connectivity index (χ4n) is 1.95. The number of nitrogens with two attached hydrogens (primary N) is 1. The second kappa shape index (κ2) is 6.02. The van der Waals surface area contributed by atoms with Crippen molar-refractivity contribution in [2.75, 3.05) is 5.73 Å². The molecule has 19 heavy (non-hydrogen) atoms. The van der Waals surface area contributed by atoms with Crippen molar-refractivity contribution < 1.29 is 0 Å². The van der Waals surface area contributed by atoms with E-state index in [-0.39, 0.29) is 0 Å². The van der Waals surface area contributed by atoms with Gasteiger partial charge in [-0.15, -0.1) is 5.10 Å². The highest BCUT2D eigenvalue weighted by Crippen LogP contribution is 2.24. The molecular formula is C13H18ClN5. The molecule has 6 heteroatoms. The largest absolute Gasteiger partial charge is 0.399 e. The molecule has 0 atom stereocenters. The molecule has 2 aromatic rings. The van der Waals surface area contributed by atoms with Gasteiger partial charge in [-0.1, -0.05) is 25.4 Å². The minimum Gasteiger partial charge on any atom is -0.399 e. The summed E-state index contributed by atoms with van der Waals surface area (Å²) in [6.07, 6.45) is 2.20. The van der Waals surface area contributed by atoms with Crippen molar-refractivity contribution in [3.63, 3.8) is 0 Å². The minimum absolute atomic E-state index is 0.590. The first-order valence-electron chi connectivity index (χ1n) is 6.39. The summed E-state index contributed by atoms with van der Waals surface area (Å²) in [6, 6.07) is 5.36. The van der Waals surface area contributed by atoms with Gasteiger partial charge in [-0.2, -0.15) is 0 Å². The zero-order valence-electron chi connectivity index (χ0n) is 11.2. The van der Waals surface area contributed by atoms with E-state index in [0.29, 0.717) is 22.5 Å². The lowest BCUT2D eigenvalue weighted by molar-refractivity contribution is 0.485. The normalized spacial score (nSPS) is 11.2. The second-order valence-corrected chi connectivity index (χ2v) is 5.47. The van der Waals surface area contributed by atoms with E-state index >= 15 is 0 Å². The molecule has 0 saturated heterocycles. The van der Waals surface area contributed by atoms with Crippen molar-refractivity contribution in [1.29, 1.82) is 0 Å². The van der Waals surface area contributed by atoms with Crippen LogP contribution in [0, 0.1) is 5.92 Å². The van der Waals surface area contributed by atoms with Gasteiger partial charge >= 0.3 is 0 Å². The summed E-state index contributed by atoms with van der Waals surface area (Å²) < 4.78 is 1.80. The van der Waals surface area contributed by atoms with Crippen LogP contribution in [0.5, 0.6) is 0 Å². The third-order valence-corrected chi connectivity index (χ3v) is 3.08. The fourth-order valence-corrected chi connectivity index (χ4v) is 2.20. The van der Waals surface area contributed by atoms with Gasteiger partial charge in [0.25, 0.3) is 0 Å². The number of nitrogens with zero attached hydrogens (tertiary/aromatic N) is 4. The lowest BCUT2D eigenvalue weighted by atomic mass is 10.1. The summed E-state index contributed by atoms with van der Waals surface area (Å²) in [7, 11) is 0. The van der Waals surface area contributed by atoms with Crippen molar-refractivity contribution in [3.05, 3.63) is 23.2 Å². The zero-order chi connectivity index (χ0) is 13.8. The average Bonchev–Trinajstić information content (AvgIpc) is 2.75. The Bertz CT molecular complexity index is 529. The Kier molecular flexibility index (Phi) is 4.37. The van der Waals surface area contributed by atoms with E-state index in [0.717, 1.165) is 24.9 Å². The van der Waals surface area contributed by atoms with Crippen LogP contribution in [0.4, 0.5) is 5.69 Å². The number of halogens is 1. The highest BCUT2D eigenvalue weighted by molar-refractivity contribution is 6.31. The Labute approximate surface area is 117 Å². The standard InChI is InChI=1S/C13H18ClN5/c1-9(2)4-3-5-19-13(16-17-18-19)10-6-11(14)8-12(15)7-10/h6-9H,3-5,15H2,1-2H3.